The molecule has 0 rings (SSSR count). The Morgan fingerprint density at radius 2 is 1.60 bits per heavy atom. The molecule has 0 aliphatic rings. The lowest BCUT2D eigenvalue weighted by Crippen LogP contribution is -2.53. The van der Waals surface area contributed by atoms with Crippen LogP contribution in [-0.4, -0.2) is 30.1 Å². The summed E-state index contributed by atoms with van der Waals surface area (Å²) in [4.78, 5) is 2.58. The highest BCUT2D eigenvalue weighted by molar-refractivity contribution is 4.88. The first-order valence-electron chi connectivity index (χ1n) is 6.45. The summed E-state index contributed by atoms with van der Waals surface area (Å²) in [6.07, 6.45) is 3.63. The molecule has 0 heterocycles. The predicted octanol–water partition coefficient (Wildman–Crippen LogP) is 2.87. The molecule has 0 aromatic heterocycles. The van der Waals surface area contributed by atoms with Gasteiger partial charge in [-0.25, -0.2) is 0 Å². The third kappa shape index (κ3) is 4.98. The van der Waals surface area contributed by atoms with Gasteiger partial charge in [0.2, 0.25) is 0 Å². The van der Waals surface area contributed by atoms with Crippen LogP contribution in [0.15, 0.2) is 0 Å². The Kier molecular flexibility index (Phi) is 7.20. The van der Waals surface area contributed by atoms with Gasteiger partial charge < -0.3 is 5.73 Å². The fourth-order valence-electron chi connectivity index (χ4n) is 2.41. The number of hydrogen-bond acceptors (Lipinski definition) is 2. The molecule has 0 aromatic carbocycles. The van der Waals surface area contributed by atoms with Crippen LogP contribution >= 0.6 is 0 Å². The Labute approximate surface area is 96.2 Å². The molecule has 0 aliphatic heterocycles. The molecule has 0 saturated carbocycles. The highest BCUT2D eigenvalue weighted by atomic mass is 15.2. The largest absolute Gasteiger partial charge is 0.329 e. The predicted molar refractivity (Wildman–Crippen MR) is 69.1 cm³/mol. The maximum absolute atomic E-state index is 5.98. The molecule has 0 spiro atoms. The summed E-state index contributed by atoms with van der Waals surface area (Å²) >= 11 is 0. The Morgan fingerprint density at radius 1 is 1.13 bits per heavy atom. The normalized spacial score (nSPS) is 16.0. The van der Waals surface area contributed by atoms with Crippen molar-refractivity contribution in [3.05, 3.63) is 0 Å². The average molecular weight is 214 g/mol. The maximum atomic E-state index is 5.98. The molecule has 1 atom stereocenters. The number of nitrogens with two attached hydrogens (primary N) is 1. The van der Waals surface area contributed by atoms with Crippen molar-refractivity contribution in [2.24, 2.45) is 11.7 Å². The van der Waals surface area contributed by atoms with Gasteiger partial charge in [0, 0.05) is 12.1 Å². The quantitative estimate of drug-likeness (QED) is 0.673. The molecule has 0 aromatic rings. The molecule has 0 saturated heterocycles. The molecule has 15 heavy (non-hydrogen) atoms. The van der Waals surface area contributed by atoms with E-state index < -0.39 is 0 Å². The van der Waals surface area contributed by atoms with Gasteiger partial charge >= 0.3 is 0 Å². The first kappa shape index (κ1) is 14.9. The zero-order chi connectivity index (χ0) is 11.9. The minimum Gasteiger partial charge on any atom is -0.329 e. The SMILES string of the molecule is CCCN(CCC)C(C)(CN)CC(C)C. The van der Waals surface area contributed by atoms with Crippen LogP contribution in [0.4, 0.5) is 0 Å². The maximum Gasteiger partial charge on any atom is 0.0306 e. The molecule has 92 valence electrons. The summed E-state index contributed by atoms with van der Waals surface area (Å²) in [5.74, 6) is 0.717. The molecular formula is C13H30N2. The monoisotopic (exact) mass is 214 g/mol. The molecule has 2 heteroatoms. The lowest BCUT2D eigenvalue weighted by Gasteiger charge is -2.42. The third-order valence-electron chi connectivity index (χ3n) is 3.04. The molecule has 0 amide bonds. The molecule has 0 aliphatic carbocycles. The van der Waals surface area contributed by atoms with E-state index in [0.717, 1.165) is 12.5 Å². The van der Waals surface area contributed by atoms with Crippen LogP contribution in [0.25, 0.3) is 0 Å². The molecule has 1 unspecified atom stereocenters. The van der Waals surface area contributed by atoms with E-state index in [-0.39, 0.29) is 5.54 Å². The second kappa shape index (κ2) is 7.24. The van der Waals surface area contributed by atoms with Crippen molar-refractivity contribution < 1.29 is 0 Å². The first-order chi connectivity index (χ1) is 7.00. The van der Waals surface area contributed by atoms with Crippen molar-refractivity contribution in [2.45, 2.75) is 59.4 Å². The van der Waals surface area contributed by atoms with Gasteiger partial charge in [-0.2, -0.15) is 0 Å². The van der Waals surface area contributed by atoms with E-state index in [1.807, 2.05) is 0 Å². The van der Waals surface area contributed by atoms with Gasteiger partial charge in [0.25, 0.3) is 0 Å². The first-order valence-corrected chi connectivity index (χ1v) is 6.45. The molecule has 2 nitrogen and oxygen atoms in total. The molecule has 0 bridgehead atoms. The zero-order valence-corrected chi connectivity index (χ0v) is 11.3. The van der Waals surface area contributed by atoms with Gasteiger partial charge in [-0.3, -0.25) is 4.90 Å². The van der Waals surface area contributed by atoms with Crippen molar-refractivity contribution in [1.29, 1.82) is 0 Å². The van der Waals surface area contributed by atoms with E-state index >= 15 is 0 Å². The van der Waals surface area contributed by atoms with E-state index in [1.54, 1.807) is 0 Å². The summed E-state index contributed by atoms with van der Waals surface area (Å²) < 4.78 is 0. The summed E-state index contributed by atoms with van der Waals surface area (Å²) in [6.45, 7) is 14.5. The smallest absolute Gasteiger partial charge is 0.0306 e. The molecule has 0 radical (unpaired) electrons. The van der Waals surface area contributed by atoms with Crippen LogP contribution < -0.4 is 5.73 Å². The third-order valence-corrected chi connectivity index (χ3v) is 3.04. The van der Waals surface area contributed by atoms with Crippen LogP contribution in [0.2, 0.25) is 0 Å². The van der Waals surface area contributed by atoms with Gasteiger partial charge in [-0.15, -0.1) is 0 Å². The van der Waals surface area contributed by atoms with E-state index in [9.17, 15) is 0 Å². The van der Waals surface area contributed by atoms with Crippen LogP contribution in [0.3, 0.4) is 0 Å². The summed E-state index contributed by atoms with van der Waals surface area (Å²) in [5, 5.41) is 0. The lowest BCUT2D eigenvalue weighted by atomic mass is 9.88. The van der Waals surface area contributed by atoms with E-state index in [2.05, 4.69) is 39.5 Å². The topological polar surface area (TPSA) is 29.3 Å². The van der Waals surface area contributed by atoms with Gasteiger partial charge in [0.15, 0.2) is 0 Å². The van der Waals surface area contributed by atoms with E-state index in [1.165, 1.54) is 32.4 Å². The van der Waals surface area contributed by atoms with Gasteiger partial charge in [-0.1, -0.05) is 27.7 Å². The number of nitrogens with zero attached hydrogens (tertiary/aromatic N) is 1. The molecule has 2 N–H and O–H groups in total. The molecule has 0 fully saturated rings. The fraction of sp³-hybridized carbons (Fsp3) is 1.00. The van der Waals surface area contributed by atoms with Crippen molar-refractivity contribution in [3.8, 4) is 0 Å². The van der Waals surface area contributed by atoms with E-state index in [4.69, 9.17) is 5.73 Å². The summed E-state index contributed by atoms with van der Waals surface area (Å²) in [6, 6.07) is 0. The minimum atomic E-state index is 0.195. The Bertz CT molecular complexity index is 151. The van der Waals surface area contributed by atoms with Gasteiger partial charge in [0.1, 0.15) is 0 Å². The molecular weight excluding hydrogens is 184 g/mol. The van der Waals surface area contributed by atoms with Crippen LogP contribution in [0.1, 0.15) is 53.9 Å². The Morgan fingerprint density at radius 3 is 1.87 bits per heavy atom. The average Bonchev–Trinajstić information content (AvgIpc) is 2.16. The minimum absolute atomic E-state index is 0.195. The van der Waals surface area contributed by atoms with Gasteiger partial charge in [-0.05, 0) is 45.2 Å². The Hall–Kier alpha value is -0.0800. The van der Waals surface area contributed by atoms with E-state index in [0.29, 0.717) is 0 Å². The highest BCUT2D eigenvalue weighted by Gasteiger charge is 2.29. The standard InChI is InChI=1S/C13H30N2/c1-6-8-15(9-7-2)13(5,11-14)10-12(3)4/h12H,6-11,14H2,1-5H3. The Balaban J connectivity index is 4.52. The second-order valence-corrected chi connectivity index (χ2v) is 5.29. The second-order valence-electron chi connectivity index (χ2n) is 5.29. The lowest BCUT2D eigenvalue weighted by molar-refractivity contribution is 0.0887. The zero-order valence-electron chi connectivity index (χ0n) is 11.3. The number of rotatable bonds is 8. The van der Waals surface area contributed by atoms with Gasteiger partial charge in [0.05, 0.1) is 0 Å². The van der Waals surface area contributed by atoms with Crippen molar-refractivity contribution in [2.75, 3.05) is 19.6 Å². The highest BCUT2D eigenvalue weighted by Crippen LogP contribution is 2.23. The van der Waals surface area contributed by atoms with Crippen molar-refractivity contribution in [3.63, 3.8) is 0 Å². The van der Waals surface area contributed by atoms with Crippen molar-refractivity contribution in [1.82, 2.24) is 4.90 Å². The van der Waals surface area contributed by atoms with Crippen LogP contribution in [-0.2, 0) is 0 Å². The number of hydrogen-bond donors (Lipinski definition) is 1. The van der Waals surface area contributed by atoms with Crippen LogP contribution in [0.5, 0.6) is 0 Å². The summed E-state index contributed by atoms with van der Waals surface area (Å²) in [5.41, 5.74) is 6.17. The van der Waals surface area contributed by atoms with Crippen LogP contribution in [0, 0.1) is 5.92 Å². The fourth-order valence-corrected chi connectivity index (χ4v) is 2.41. The summed E-state index contributed by atoms with van der Waals surface area (Å²) in [7, 11) is 0. The van der Waals surface area contributed by atoms with Crippen molar-refractivity contribution >= 4 is 0 Å².